The Bertz CT molecular complexity index is 1480. The van der Waals surface area contributed by atoms with Crippen LogP contribution in [-0.2, 0) is 23.7 Å². The van der Waals surface area contributed by atoms with Crippen molar-refractivity contribution in [2.24, 2.45) is 0 Å². The van der Waals surface area contributed by atoms with Gasteiger partial charge in [0, 0.05) is 6.42 Å². The van der Waals surface area contributed by atoms with Gasteiger partial charge in [-0.1, -0.05) is 176 Å². The van der Waals surface area contributed by atoms with E-state index in [0.717, 1.165) is 70.6 Å². The first-order chi connectivity index (χ1) is 33.6. The van der Waals surface area contributed by atoms with Crippen LogP contribution in [0.25, 0.3) is 0 Å². The molecule has 0 aromatic carbocycles. The quantitative estimate of drug-likeness (QED) is 0.0217. The van der Waals surface area contributed by atoms with Crippen molar-refractivity contribution in [2.45, 2.75) is 235 Å². The number of ether oxygens (including phenoxy) is 4. The molecular formula is C55H93NO13. The molecule has 9 N–H and O–H groups in total. The average Bonchev–Trinajstić information content (AvgIpc) is 3.35. The van der Waals surface area contributed by atoms with E-state index in [1.807, 2.05) is 0 Å². The third-order valence-corrected chi connectivity index (χ3v) is 12.4. The van der Waals surface area contributed by atoms with Crippen LogP contribution in [0.2, 0.25) is 0 Å². The van der Waals surface area contributed by atoms with Crippen molar-refractivity contribution in [1.29, 1.82) is 0 Å². The molecule has 396 valence electrons. The van der Waals surface area contributed by atoms with Crippen LogP contribution in [-0.4, -0.2) is 140 Å². The first kappa shape index (κ1) is 62.3. The third-order valence-electron chi connectivity index (χ3n) is 12.4. The number of aliphatic hydroxyl groups is 8. The predicted molar refractivity (Wildman–Crippen MR) is 272 cm³/mol. The second-order valence-electron chi connectivity index (χ2n) is 18.3. The smallest absolute Gasteiger partial charge is 0.220 e. The lowest BCUT2D eigenvalue weighted by molar-refractivity contribution is -0.359. The van der Waals surface area contributed by atoms with Crippen molar-refractivity contribution in [1.82, 2.24) is 5.32 Å². The highest BCUT2D eigenvalue weighted by atomic mass is 16.7. The van der Waals surface area contributed by atoms with Gasteiger partial charge in [-0.05, 0) is 64.2 Å². The zero-order valence-electron chi connectivity index (χ0n) is 42.0. The van der Waals surface area contributed by atoms with E-state index >= 15 is 0 Å². The second kappa shape index (κ2) is 40.7. The summed E-state index contributed by atoms with van der Waals surface area (Å²) in [5.41, 5.74) is 0. The molecule has 2 rings (SSSR count). The second-order valence-corrected chi connectivity index (χ2v) is 18.3. The topological polar surface area (TPSA) is 228 Å². The molecule has 0 saturated carbocycles. The normalized spacial score (nSPS) is 26.9. The van der Waals surface area contributed by atoms with Crippen LogP contribution in [0.3, 0.4) is 0 Å². The molecule has 0 bridgehead atoms. The van der Waals surface area contributed by atoms with Crippen molar-refractivity contribution in [3.05, 3.63) is 85.1 Å². The van der Waals surface area contributed by atoms with Crippen LogP contribution in [0.5, 0.6) is 0 Å². The first-order valence-corrected chi connectivity index (χ1v) is 26.3. The number of carbonyl (C=O) groups excluding carboxylic acids is 1. The largest absolute Gasteiger partial charge is 0.394 e. The van der Waals surface area contributed by atoms with E-state index < -0.39 is 86.8 Å². The molecule has 2 heterocycles. The zero-order chi connectivity index (χ0) is 50.3. The molecule has 69 heavy (non-hydrogen) atoms. The van der Waals surface area contributed by atoms with E-state index in [9.17, 15) is 45.6 Å². The summed E-state index contributed by atoms with van der Waals surface area (Å²) in [7, 11) is 0. The van der Waals surface area contributed by atoms with Gasteiger partial charge in [0.05, 0.1) is 32.0 Å². The summed E-state index contributed by atoms with van der Waals surface area (Å²) in [4.78, 5) is 13.2. The fourth-order valence-electron chi connectivity index (χ4n) is 8.11. The predicted octanol–water partition coefficient (Wildman–Crippen LogP) is 7.38. The average molecular weight is 976 g/mol. The molecule has 12 atom stereocenters. The summed E-state index contributed by atoms with van der Waals surface area (Å²) in [5.74, 6) is -0.269. The summed E-state index contributed by atoms with van der Waals surface area (Å²) in [6, 6.07) is -0.863. The highest BCUT2D eigenvalue weighted by Crippen LogP contribution is 2.30. The Morgan fingerprint density at radius 2 is 0.986 bits per heavy atom. The monoisotopic (exact) mass is 976 g/mol. The Kier molecular flexibility index (Phi) is 36.8. The van der Waals surface area contributed by atoms with Crippen molar-refractivity contribution >= 4 is 5.91 Å². The van der Waals surface area contributed by atoms with Gasteiger partial charge in [0.25, 0.3) is 0 Å². The SMILES string of the molecule is CC/C=C\C/C=C\C/C=C\C/C=C\C/C=C\C/C=C\C/C=C\CCCC(=O)NC(COC1OC(CO)C(OC2OC(CO)C(O)C(O)C2O)C(O)C1O)C(O)CCCCCCCCCCCCCC. The van der Waals surface area contributed by atoms with Crippen molar-refractivity contribution in [3.8, 4) is 0 Å². The van der Waals surface area contributed by atoms with Gasteiger partial charge < -0.3 is 65.1 Å². The Balaban J connectivity index is 1.83. The molecule has 2 aliphatic rings. The number of allylic oxidation sites excluding steroid dienone is 14. The third kappa shape index (κ3) is 27.5. The van der Waals surface area contributed by atoms with Gasteiger partial charge in [-0.25, -0.2) is 0 Å². The zero-order valence-corrected chi connectivity index (χ0v) is 42.0. The first-order valence-electron chi connectivity index (χ1n) is 26.3. The number of hydrogen-bond acceptors (Lipinski definition) is 13. The maximum absolute atomic E-state index is 13.2. The van der Waals surface area contributed by atoms with E-state index in [-0.39, 0.29) is 18.9 Å². The molecule has 0 spiro atoms. The minimum absolute atomic E-state index is 0.219. The highest BCUT2D eigenvalue weighted by molar-refractivity contribution is 5.76. The van der Waals surface area contributed by atoms with Crippen molar-refractivity contribution < 1.29 is 64.6 Å². The molecule has 0 radical (unpaired) electrons. The molecule has 12 unspecified atom stereocenters. The van der Waals surface area contributed by atoms with Crippen molar-refractivity contribution in [2.75, 3.05) is 19.8 Å². The lowest BCUT2D eigenvalue weighted by Crippen LogP contribution is -2.65. The van der Waals surface area contributed by atoms with Gasteiger partial charge >= 0.3 is 0 Å². The van der Waals surface area contributed by atoms with Gasteiger partial charge in [-0.15, -0.1) is 0 Å². The summed E-state index contributed by atoms with van der Waals surface area (Å²) in [6.45, 7) is 2.67. The molecule has 2 fully saturated rings. The molecule has 14 heteroatoms. The van der Waals surface area contributed by atoms with Crippen molar-refractivity contribution in [3.63, 3.8) is 0 Å². The Morgan fingerprint density at radius 3 is 1.48 bits per heavy atom. The van der Waals surface area contributed by atoms with Gasteiger partial charge in [0.15, 0.2) is 12.6 Å². The molecule has 0 aromatic rings. The van der Waals surface area contributed by atoms with Crippen LogP contribution in [0.15, 0.2) is 85.1 Å². The van der Waals surface area contributed by atoms with Crippen LogP contribution >= 0.6 is 0 Å². The summed E-state index contributed by atoms with van der Waals surface area (Å²) >= 11 is 0. The number of nitrogens with one attached hydrogen (secondary N) is 1. The van der Waals surface area contributed by atoms with Gasteiger partial charge in [0.2, 0.25) is 5.91 Å². The number of rotatable bonds is 39. The van der Waals surface area contributed by atoms with E-state index in [2.05, 4.69) is 104 Å². The Hall–Kier alpha value is -2.83. The molecule has 2 aliphatic heterocycles. The van der Waals surface area contributed by atoms with Gasteiger partial charge in [0.1, 0.15) is 48.8 Å². The van der Waals surface area contributed by atoms with E-state index in [1.165, 1.54) is 51.4 Å². The number of unbranched alkanes of at least 4 members (excludes halogenated alkanes) is 12. The van der Waals surface area contributed by atoms with Crippen LogP contribution in [0, 0.1) is 0 Å². The fourth-order valence-corrected chi connectivity index (χ4v) is 8.11. The lowest BCUT2D eigenvalue weighted by atomic mass is 9.97. The standard InChI is InChI=1S/C55H93NO13/c1-3-5-7-9-11-13-15-17-18-19-20-21-22-23-24-25-26-27-29-31-33-35-37-39-47(60)56-43(44(59)38-36-34-32-30-28-16-14-12-10-8-6-4-2)42-66-54-52(65)50(63)53(46(41-58)68-54)69-55-51(64)49(62)48(61)45(40-57)67-55/h5,7,11,13,17-18,20-21,23-24,26-27,31,33,43-46,48-55,57-59,61-65H,3-4,6,8-10,12,14-16,19,22,25,28-30,32,34-42H2,1-2H3,(H,56,60)/b7-5-,13-11-,18-17-,21-20-,24-23-,27-26-,33-31-. The van der Waals surface area contributed by atoms with Crippen LogP contribution < -0.4 is 5.32 Å². The maximum Gasteiger partial charge on any atom is 0.220 e. The highest BCUT2D eigenvalue weighted by Gasteiger charge is 2.51. The lowest BCUT2D eigenvalue weighted by Gasteiger charge is -2.46. The molecule has 0 aliphatic carbocycles. The minimum Gasteiger partial charge on any atom is -0.394 e. The summed E-state index contributed by atoms with van der Waals surface area (Å²) in [5, 5.41) is 86.9. The fraction of sp³-hybridized carbons (Fsp3) is 0.727. The summed E-state index contributed by atoms with van der Waals surface area (Å²) in [6.07, 6.45) is 35.9. The van der Waals surface area contributed by atoms with Gasteiger partial charge in [-0.2, -0.15) is 0 Å². The molecular weight excluding hydrogens is 883 g/mol. The maximum atomic E-state index is 13.2. The molecule has 14 nitrogen and oxygen atoms in total. The van der Waals surface area contributed by atoms with E-state index in [4.69, 9.17) is 18.9 Å². The number of aliphatic hydroxyl groups excluding tert-OH is 8. The Morgan fingerprint density at radius 1 is 0.536 bits per heavy atom. The summed E-state index contributed by atoms with van der Waals surface area (Å²) < 4.78 is 22.7. The molecule has 0 aromatic heterocycles. The minimum atomic E-state index is -1.79. The number of carbonyl (C=O) groups is 1. The number of amides is 1. The Labute approximate surface area is 414 Å². The van der Waals surface area contributed by atoms with E-state index in [1.54, 1.807) is 0 Å². The van der Waals surface area contributed by atoms with Crippen LogP contribution in [0.1, 0.15) is 162 Å². The van der Waals surface area contributed by atoms with E-state index in [0.29, 0.717) is 19.3 Å². The van der Waals surface area contributed by atoms with Crippen LogP contribution in [0.4, 0.5) is 0 Å². The van der Waals surface area contributed by atoms with Gasteiger partial charge in [-0.3, -0.25) is 4.79 Å². The number of hydrogen-bond donors (Lipinski definition) is 9. The molecule has 1 amide bonds. The molecule has 2 saturated heterocycles.